The SMILES string of the molecule is CCCCCCN1C(=O)/C(=C\c2c(C)c(C#N)c(=O)n(C)c2N2CCCC(C)C2)SC1=S. The highest BCUT2D eigenvalue weighted by atomic mass is 32.2. The molecule has 172 valence electrons. The van der Waals surface area contributed by atoms with Gasteiger partial charge < -0.3 is 4.90 Å². The van der Waals surface area contributed by atoms with Gasteiger partial charge in [-0.15, -0.1) is 0 Å². The van der Waals surface area contributed by atoms with Crippen molar-refractivity contribution >= 4 is 46.1 Å². The number of amides is 1. The van der Waals surface area contributed by atoms with Crippen LogP contribution in [0.15, 0.2) is 9.70 Å². The number of piperidine rings is 1. The molecule has 3 heterocycles. The number of anilines is 1. The van der Waals surface area contributed by atoms with Crippen molar-refractivity contribution in [1.82, 2.24) is 9.47 Å². The average molecular weight is 473 g/mol. The summed E-state index contributed by atoms with van der Waals surface area (Å²) >= 11 is 6.81. The number of nitrogens with zero attached hydrogens (tertiary/aromatic N) is 4. The zero-order valence-electron chi connectivity index (χ0n) is 19.4. The van der Waals surface area contributed by atoms with Crippen LogP contribution in [0.25, 0.3) is 6.08 Å². The van der Waals surface area contributed by atoms with Gasteiger partial charge in [0, 0.05) is 32.2 Å². The lowest BCUT2D eigenvalue weighted by molar-refractivity contribution is -0.122. The fourth-order valence-corrected chi connectivity index (χ4v) is 5.79. The van der Waals surface area contributed by atoms with Gasteiger partial charge in [-0.2, -0.15) is 5.26 Å². The Morgan fingerprint density at radius 2 is 2.03 bits per heavy atom. The second kappa shape index (κ2) is 10.7. The maximum absolute atomic E-state index is 13.1. The van der Waals surface area contributed by atoms with E-state index in [1.165, 1.54) is 11.8 Å². The van der Waals surface area contributed by atoms with Crippen molar-refractivity contribution in [2.24, 2.45) is 13.0 Å². The van der Waals surface area contributed by atoms with E-state index in [-0.39, 0.29) is 17.0 Å². The van der Waals surface area contributed by atoms with Crippen LogP contribution in [0, 0.1) is 24.2 Å². The lowest BCUT2D eigenvalue weighted by atomic mass is 9.98. The fraction of sp³-hybridized carbons (Fsp3) is 0.583. The molecule has 1 aromatic rings. The molecule has 2 aliphatic rings. The largest absolute Gasteiger partial charge is 0.357 e. The molecule has 6 nitrogen and oxygen atoms in total. The van der Waals surface area contributed by atoms with Crippen LogP contribution >= 0.6 is 24.0 Å². The molecule has 1 unspecified atom stereocenters. The molecule has 2 aliphatic heterocycles. The van der Waals surface area contributed by atoms with Crippen LogP contribution in [0.4, 0.5) is 5.82 Å². The molecule has 0 N–H and O–H groups in total. The summed E-state index contributed by atoms with van der Waals surface area (Å²) in [5.74, 6) is 1.22. The number of hydrogen-bond donors (Lipinski definition) is 0. The predicted octanol–water partition coefficient (Wildman–Crippen LogP) is 4.58. The summed E-state index contributed by atoms with van der Waals surface area (Å²) in [5.41, 5.74) is 1.22. The molecule has 0 aliphatic carbocycles. The zero-order chi connectivity index (χ0) is 23.4. The van der Waals surface area contributed by atoms with Gasteiger partial charge in [-0.25, -0.2) is 0 Å². The maximum Gasteiger partial charge on any atom is 0.270 e. The second-order valence-corrected chi connectivity index (χ2v) is 10.5. The summed E-state index contributed by atoms with van der Waals surface area (Å²) in [5, 5.41) is 9.63. The fourth-order valence-electron chi connectivity index (χ4n) is 4.50. The van der Waals surface area contributed by atoms with Gasteiger partial charge in [-0.05, 0) is 43.7 Å². The molecule has 1 atom stereocenters. The van der Waals surface area contributed by atoms with E-state index in [0.717, 1.165) is 63.0 Å². The van der Waals surface area contributed by atoms with Gasteiger partial charge in [-0.1, -0.05) is 57.1 Å². The lowest BCUT2D eigenvalue weighted by Gasteiger charge is -2.35. The smallest absolute Gasteiger partial charge is 0.270 e. The average Bonchev–Trinajstić information content (AvgIpc) is 3.02. The highest BCUT2D eigenvalue weighted by Gasteiger charge is 2.33. The Kier molecular flexibility index (Phi) is 8.18. The molecule has 0 spiro atoms. The highest BCUT2D eigenvalue weighted by Crippen LogP contribution is 2.36. The van der Waals surface area contributed by atoms with Crippen molar-refractivity contribution in [1.29, 1.82) is 5.26 Å². The van der Waals surface area contributed by atoms with Crippen molar-refractivity contribution < 1.29 is 4.79 Å². The topological polar surface area (TPSA) is 69.3 Å². The van der Waals surface area contributed by atoms with Crippen LogP contribution in [0.5, 0.6) is 0 Å². The third-order valence-electron chi connectivity index (χ3n) is 6.31. The monoisotopic (exact) mass is 472 g/mol. The Balaban J connectivity index is 2.03. The van der Waals surface area contributed by atoms with Gasteiger partial charge >= 0.3 is 0 Å². The first-order valence-electron chi connectivity index (χ1n) is 11.4. The number of aromatic nitrogens is 1. The molecule has 2 saturated heterocycles. The maximum atomic E-state index is 13.1. The molecule has 0 bridgehead atoms. The number of pyridine rings is 1. The van der Waals surface area contributed by atoms with E-state index in [9.17, 15) is 14.9 Å². The molecular weight excluding hydrogens is 440 g/mol. The van der Waals surface area contributed by atoms with Gasteiger partial charge in [0.25, 0.3) is 11.5 Å². The van der Waals surface area contributed by atoms with E-state index in [1.807, 2.05) is 6.08 Å². The van der Waals surface area contributed by atoms with Gasteiger partial charge in [0.15, 0.2) is 0 Å². The van der Waals surface area contributed by atoms with Crippen LogP contribution in [0.1, 0.15) is 69.1 Å². The first kappa shape index (κ1) is 24.5. The molecule has 3 rings (SSSR count). The number of thiocarbonyl (C=S) groups is 1. The van der Waals surface area contributed by atoms with Crippen LogP contribution in [-0.4, -0.2) is 39.3 Å². The minimum atomic E-state index is -0.293. The summed E-state index contributed by atoms with van der Waals surface area (Å²) in [6.45, 7) is 8.50. The summed E-state index contributed by atoms with van der Waals surface area (Å²) in [4.78, 5) is 30.5. The highest BCUT2D eigenvalue weighted by molar-refractivity contribution is 8.26. The van der Waals surface area contributed by atoms with E-state index in [2.05, 4.69) is 24.8 Å². The van der Waals surface area contributed by atoms with Crippen molar-refractivity contribution in [3.63, 3.8) is 0 Å². The number of carbonyl (C=O) groups excluding carboxylic acids is 1. The molecule has 2 fully saturated rings. The summed E-state index contributed by atoms with van der Waals surface area (Å²) in [7, 11) is 1.72. The summed E-state index contributed by atoms with van der Waals surface area (Å²) < 4.78 is 2.15. The first-order chi connectivity index (χ1) is 15.3. The van der Waals surface area contributed by atoms with Crippen molar-refractivity contribution in [3.8, 4) is 6.07 Å². The van der Waals surface area contributed by atoms with Gasteiger partial charge in [0.05, 0.1) is 4.91 Å². The molecule has 0 saturated carbocycles. The minimum Gasteiger partial charge on any atom is -0.357 e. The van der Waals surface area contributed by atoms with Crippen LogP contribution < -0.4 is 10.5 Å². The standard InChI is InChI=1S/C24H32N4O2S2/c1-5-6-7-8-12-28-23(30)20(32-24(28)31)13-18-17(3)19(14-25)22(29)26(4)21(18)27-11-9-10-16(2)15-27/h13,16H,5-12,15H2,1-4H3/b20-13+. The van der Waals surface area contributed by atoms with E-state index >= 15 is 0 Å². The quantitative estimate of drug-likeness (QED) is 0.329. The number of carbonyl (C=O) groups is 1. The lowest BCUT2D eigenvalue weighted by Crippen LogP contribution is -2.39. The molecule has 1 amide bonds. The Morgan fingerprint density at radius 1 is 1.28 bits per heavy atom. The van der Waals surface area contributed by atoms with Crippen LogP contribution in [0.3, 0.4) is 0 Å². The van der Waals surface area contributed by atoms with Gasteiger partial charge in [0.2, 0.25) is 0 Å². The van der Waals surface area contributed by atoms with Gasteiger partial charge in [0.1, 0.15) is 21.8 Å². The molecule has 0 aromatic carbocycles. The number of rotatable bonds is 7. The van der Waals surface area contributed by atoms with Crippen molar-refractivity contribution in [2.75, 3.05) is 24.5 Å². The van der Waals surface area contributed by atoms with E-state index < -0.39 is 0 Å². The molecule has 0 radical (unpaired) electrons. The van der Waals surface area contributed by atoms with Gasteiger partial charge in [-0.3, -0.25) is 19.1 Å². The minimum absolute atomic E-state index is 0.0822. The molecular formula is C24H32N4O2S2. The van der Waals surface area contributed by atoms with E-state index in [4.69, 9.17) is 12.2 Å². The predicted molar refractivity (Wildman–Crippen MR) is 136 cm³/mol. The Labute approximate surface area is 200 Å². The van der Waals surface area contributed by atoms with E-state index in [1.54, 1.807) is 23.4 Å². The zero-order valence-corrected chi connectivity index (χ0v) is 21.1. The number of nitriles is 1. The number of thioether (sulfide) groups is 1. The Bertz CT molecular complexity index is 1040. The molecule has 1 aromatic heterocycles. The summed E-state index contributed by atoms with van der Waals surface area (Å²) in [6.07, 6.45) is 8.35. The third kappa shape index (κ3) is 4.94. The van der Waals surface area contributed by atoms with E-state index in [0.29, 0.717) is 27.3 Å². The Hall–Kier alpha value is -2.11. The number of hydrogen-bond acceptors (Lipinski definition) is 6. The summed E-state index contributed by atoms with van der Waals surface area (Å²) in [6, 6.07) is 2.07. The van der Waals surface area contributed by atoms with Crippen LogP contribution in [0.2, 0.25) is 0 Å². The van der Waals surface area contributed by atoms with Crippen LogP contribution in [-0.2, 0) is 11.8 Å². The first-order valence-corrected chi connectivity index (χ1v) is 12.7. The Morgan fingerprint density at radius 3 is 2.69 bits per heavy atom. The number of unbranched alkanes of at least 4 members (excludes halogenated alkanes) is 3. The third-order valence-corrected chi connectivity index (χ3v) is 7.69. The normalized spacial score (nSPS) is 20.3. The van der Waals surface area contributed by atoms with Crippen molar-refractivity contribution in [3.05, 3.63) is 31.9 Å². The second-order valence-electron chi connectivity index (χ2n) is 8.80. The molecule has 32 heavy (non-hydrogen) atoms. The molecule has 8 heteroatoms. The van der Waals surface area contributed by atoms with Crippen molar-refractivity contribution in [2.45, 2.75) is 59.3 Å².